The molecule has 3 aromatic carbocycles. The largest absolute Gasteiger partial charge is 0.497 e. The molecule has 0 aliphatic rings. The molecule has 33 heavy (non-hydrogen) atoms. The first-order valence-corrected chi connectivity index (χ1v) is 10.8. The van der Waals surface area contributed by atoms with E-state index in [4.69, 9.17) is 4.74 Å². The smallest absolute Gasteiger partial charge is 0.416 e. The van der Waals surface area contributed by atoms with Crippen molar-refractivity contribution in [2.24, 2.45) is 0 Å². The predicted octanol–water partition coefficient (Wildman–Crippen LogP) is 6.45. The van der Waals surface area contributed by atoms with Crippen molar-refractivity contribution < 1.29 is 17.9 Å². The summed E-state index contributed by atoms with van der Waals surface area (Å²) in [6.45, 7) is 4.14. The first kappa shape index (κ1) is 24.4. The number of nitrogens with one attached hydrogen (secondary N) is 2. The molecule has 0 amide bonds. The van der Waals surface area contributed by atoms with E-state index in [0.29, 0.717) is 6.42 Å². The predicted molar refractivity (Wildman–Crippen MR) is 126 cm³/mol. The van der Waals surface area contributed by atoms with E-state index in [1.54, 1.807) is 19.2 Å². The molecule has 6 heteroatoms. The Balaban J connectivity index is 1.88. The van der Waals surface area contributed by atoms with Crippen LogP contribution in [0.3, 0.4) is 0 Å². The summed E-state index contributed by atoms with van der Waals surface area (Å²) in [5.74, 6) is 0.783. The van der Waals surface area contributed by atoms with E-state index in [9.17, 15) is 13.2 Å². The number of methoxy groups -OCH3 is 1. The second-order valence-corrected chi connectivity index (χ2v) is 7.84. The first-order valence-electron chi connectivity index (χ1n) is 10.8. The standard InChI is InChI=1S/C27H29F3N2O/c1-19(31-2)26(22-7-5-4-6-8-22)32-25(18-11-20-9-16-24(33-3)17-10-20)21-12-14-23(15-13-21)27(28,29)30/h4-10,12-17,25-26,31-32H,1,11,18H2,2-3H3/t25-,26-/m0/s1. The Hall–Kier alpha value is -3.25. The Kier molecular flexibility index (Phi) is 8.17. The quantitative estimate of drug-likeness (QED) is 0.369. The molecular weight excluding hydrogens is 425 g/mol. The lowest BCUT2D eigenvalue weighted by atomic mass is 9.95. The Labute approximate surface area is 193 Å². The third kappa shape index (κ3) is 6.62. The fraction of sp³-hybridized carbons (Fsp3) is 0.259. The van der Waals surface area contributed by atoms with Gasteiger partial charge in [0.05, 0.1) is 18.7 Å². The summed E-state index contributed by atoms with van der Waals surface area (Å²) in [6, 6.07) is 22.7. The lowest BCUT2D eigenvalue weighted by Crippen LogP contribution is -2.31. The highest BCUT2D eigenvalue weighted by molar-refractivity contribution is 5.31. The molecule has 2 atom stereocenters. The van der Waals surface area contributed by atoms with Gasteiger partial charge in [-0.1, -0.05) is 61.2 Å². The van der Waals surface area contributed by atoms with E-state index < -0.39 is 11.7 Å². The number of aryl methyl sites for hydroxylation is 1. The summed E-state index contributed by atoms with van der Waals surface area (Å²) in [4.78, 5) is 0. The zero-order valence-electron chi connectivity index (χ0n) is 18.8. The van der Waals surface area contributed by atoms with E-state index in [0.717, 1.165) is 46.7 Å². The number of hydrogen-bond donors (Lipinski definition) is 2. The highest BCUT2D eigenvalue weighted by Gasteiger charge is 2.30. The molecule has 174 valence electrons. The Morgan fingerprint density at radius 1 is 0.909 bits per heavy atom. The van der Waals surface area contributed by atoms with Gasteiger partial charge in [-0.3, -0.25) is 5.32 Å². The fourth-order valence-electron chi connectivity index (χ4n) is 3.74. The Morgan fingerprint density at radius 2 is 1.55 bits per heavy atom. The lowest BCUT2D eigenvalue weighted by molar-refractivity contribution is -0.137. The molecule has 0 aromatic heterocycles. The average molecular weight is 455 g/mol. The molecule has 0 saturated carbocycles. The zero-order valence-corrected chi connectivity index (χ0v) is 18.8. The van der Waals surface area contributed by atoms with Gasteiger partial charge in [-0.05, 0) is 53.8 Å². The normalized spacial score (nSPS) is 13.2. The minimum Gasteiger partial charge on any atom is -0.497 e. The van der Waals surface area contributed by atoms with Gasteiger partial charge in [-0.15, -0.1) is 0 Å². The number of halogens is 3. The molecule has 0 aliphatic heterocycles. The third-order valence-corrected chi connectivity index (χ3v) is 5.69. The van der Waals surface area contributed by atoms with Gasteiger partial charge in [-0.2, -0.15) is 13.2 Å². The molecular formula is C27H29F3N2O. The van der Waals surface area contributed by atoms with Crippen LogP contribution in [0.1, 0.15) is 40.8 Å². The van der Waals surface area contributed by atoms with Gasteiger partial charge in [0.15, 0.2) is 0 Å². The Bertz CT molecular complexity index is 1020. The molecule has 0 unspecified atom stereocenters. The van der Waals surface area contributed by atoms with E-state index in [2.05, 4.69) is 17.2 Å². The van der Waals surface area contributed by atoms with Crippen molar-refractivity contribution in [3.63, 3.8) is 0 Å². The van der Waals surface area contributed by atoms with Crippen LogP contribution in [-0.2, 0) is 12.6 Å². The van der Waals surface area contributed by atoms with Crippen LogP contribution < -0.4 is 15.4 Å². The molecule has 2 N–H and O–H groups in total. The van der Waals surface area contributed by atoms with Crippen molar-refractivity contribution in [1.29, 1.82) is 0 Å². The van der Waals surface area contributed by atoms with Gasteiger partial charge in [-0.25, -0.2) is 0 Å². The van der Waals surface area contributed by atoms with Crippen molar-refractivity contribution in [1.82, 2.24) is 10.6 Å². The van der Waals surface area contributed by atoms with Crippen LogP contribution in [-0.4, -0.2) is 14.2 Å². The van der Waals surface area contributed by atoms with Crippen LogP contribution in [0.15, 0.2) is 91.1 Å². The maximum absolute atomic E-state index is 13.1. The number of alkyl halides is 3. The summed E-state index contributed by atoms with van der Waals surface area (Å²) < 4.78 is 44.5. The molecule has 3 rings (SSSR count). The number of hydrogen-bond acceptors (Lipinski definition) is 3. The molecule has 3 aromatic rings. The molecule has 0 heterocycles. The maximum Gasteiger partial charge on any atom is 0.416 e. The van der Waals surface area contributed by atoms with Gasteiger partial charge < -0.3 is 10.1 Å². The zero-order chi connectivity index (χ0) is 23.8. The second kappa shape index (κ2) is 11.1. The van der Waals surface area contributed by atoms with E-state index in [-0.39, 0.29) is 12.1 Å². The molecule has 0 spiro atoms. The second-order valence-electron chi connectivity index (χ2n) is 7.84. The monoisotopic (exact) mass is 454 g/mol. The van der Waals surface area contributed by atoms with Crippen LogP contribution >= 0.6 is 0 Å². The third-order valence-electron chi connectivity index (χ3n) is 5.69. The van der Waals surface area contributed by atoms with Crippen molar-refractivity contribution in [2.75, 3.05) is 14.2 Å². The van der Waals surface area contributed by atoms with E-state index >= 15 is 0 Å². The highest BCUT2D eigenvalue weighted by atomic mass is 19.4. The molecule has 0 bridgehead atoms. The van der Waals surface area contributed by atoms with E-state index in [1.807, 2.05) is 61.6 Å². The Morgan fingerprint density at radius 3 is 2.09 bits per heavy atom. The van der Waals surface area contributed by atoms with Crippen molar-refractivity contribution in [3.8, 4) is 5.75 Å². The minimum absolute atomic E-state index is 0.190. The molecule has 0 aliphatic carbocycles. The van der Waals surface area contributed by atoms with Gasteiger partial charge in [0.2, 0.25) is 0 Å². The molecule has 0 saturated heterocycles. The number of benzene rings is 3. The summed E-state index contributed by atoms with van der Waals surface area (Å²) in [5.41, 5.74) is 3.07. The van der Waals surface area contributed by atoms with Crippen molar-refractivity contribution in [3.05, 3.63) is 113 Å². The van der Waals surface area contributed by atoms with Crippen LogP contribution in [0.5, 0.6) is 5.75 Å². The first-order chi connectivity index (χ1) is 15.8. The summed E-state index contributed by atoms with van der Waals surface area (Å²) in [5, 5.41) is 6.74. The van der Waals surface area contributed by atoms with Gasteiger partial charge in [0, 0.05) is 18.8 Å². The minimum atomic E-state index is -4.36. The summed E-state index contributed by atoms with van der Waals surface area (Å²) in [7, 11) is 3.43. The van der Waals surface area contributed by atoms with Crippen LogP contribution in [0.25, 0.3) is 0 Å². The molecule has 0 radical (unpaired) electrons. The van der Waals surface area contributed by atoms with Crippen molar-refractivity contribution >= 4 is 0 Å². The number of rotatable bonds is 10. The van der Waals surface area contributed by atoms with Crippen molar-refractivity contribution in [2.45, 2.75) is 31.1 Å². The summed E-state index contributed by atoms with van der Waals surface area (Å²) >= 11 is 0. The average Bonchev–Trinajstić information content (AvgIpc) is 2.84. The van der Waals surface area contributed by atoms with Crippen LogP contribution in [0.2, 0.25) is 0 Å². The van der Waals surface area contributed by atoms with Crippen LogP contribution in [0.4, 0.5) is 13.2 Å². The summed E-state index contributed by atoms with van der Waals surface area (Å²) in [6.07, 6.45) is -2.92. The van der Waals surface area contributed by atoms with Gasteiger partial charge in [0.1, 0.15) is 5.75 Å². The molecule has 0 fully saturated rings. The van der Waals surface area contributed by atoms with E-state index in [1.165, 1.54) is 0 Å². The molecule has 3 nitrogen and oxygen atoms in total. The topological polar surface area (TPSA) is 33.3 Å². The number of ether oxygens (including phenoxy) is 1. The highest BCUT2D eigenvalue weighted by Crippen LogP contribution is 2.32. The fourth-order valence-corrected chi connectivity index (χ4v) is 3.74. The van der Waals surface area contributed by atoms with Gasteiger partial charge >= 0.3 is 6.18 Å². The maximum atomic E-state index is 13.1. The van der Waals surface area contributed by atoms with Crippen LogP contribution in [0, 0.1) is 0 Å². The SMILES string of the molecule is C=C(NC)[C@H](N[C@@H](CCc1ccc(OC)cc1)c1ccc(C(F)(F)F)cc1)c1ccccc1. The van der Waals surface area contributed by atoms with Gasteiger partial charge in [0.25, 0.3) is 0 Å². The number of likely N-dealkylation sites (N-methyl/N-ethyl adjacent to an activating group) is 1. The lowest BCUT2D eigenvalue weighted by Gasteiger charge is -2.28.